The molecule has 4 aliphatic rings. The summed E-state index contributed by atoms with van der Waals surface area (Å²) in [6.45, 7) is 1.74. The zero-order valence-electron chi connectivity index (χ0n) is 34.8. The number of nitrogens with zero attached hydrogens (tertiary/aromatic N) is 3. The first-order chi connectivity index (χ1) is 31.3. The Morgan fingerprint density at radius 1 is 0.848 bits per heavy atom. The molecule has 0 saturated carbocycles. The number of thioether (sulfide) groups is 1. The van der Waals surface area contributed by atoms with Crippen molar-refractivity contribution in [3.63, 3.8) is 0 Å². The van der Waals surface area contributed by atoms with Crippen LogP contribution in [0.4, 0.5) is 23.2 Å². The van der Waals surface area contributed by atoms with E-state index in [0.29, 0.717) is 42.6 Å². The summed E-state index contributed by atoms with van der Waals surface area (Å²) >= 11 is 1.39. The van der Waals surface area contributed by atoms with E-state index in [1.54, 1.807) is 10.8 Å². The predicted octanol–water partition coefficient (Wildman–Crippen LogP) is 4.95. The molecule has 0 aromatic heterocycles. The van der Waals surface area contributed by atoms with Gasteiger partial charge in [-0.1, -0.05) is 36.4 Å². The molecule has 348 valence electrons. The Hall–Kier alpha value is -5.68. The number of sulfonamides is 1. The molecule has 4 heterocycles. The van der Waals surface area contributed by atoms with Crippen molar-refractivity contribution in [2.75, 3.05) is 30.7 Å². The zero-order chi connectivity index (χ0) is 47.1. The molecule has 2 bridgehead atoms. The number of amides is 5. The van der Waals surface area contributed by atoms with Crippen LogP contribution in [0.5, 0.6) is 0 Å². The van der Waals surface area contributed by atoms with Gasteiger partial charge in [-0.05, 0) is 85.8 Å². The Bertz CT molecular complexity index is 2810. The van der Waals surface area contributed by atoms with Gasteiger partial charge in [-0.15, -0.1) is 11.8 Å². The van der Waals surface area contributed by atoms with Gasteiger partial charge in [0.15, 0.2) is 0 Å². The van der Waals surface area contributed by atoms with E-state index in [0.717, 1.165) is 29.9 Å². The first-order valence-corrected chi connectivity index (χ1v) is 24.8. The van der Waals surface area contributed by atoms with E-state index >= 15 is 4.39 Å². The van der Waals surface area contributed by atoms with Crippen molar-refractivity contribution >= 4 is 66.8 Å². The highest BCUT2D eigenvalue weighted by atomic mass is 32.2. The third kappa shape index (κ3) is 9.59. The molecule has 0 radical (unpaired) electrons. The summed E-state index contributed by atoms with van der Waals surface area (Å²) in [7, 11) is -11.0. The highest BCUT2D eigenvalue weighted by Crippen LogP contribution is 2.38. The average molecular weight is 971 g/mol. The lowest BCUT2D eigenvalue weighted by atomic mass is 10.0. The number of carbonyl (C=O) groups excluding carboxylic acids is 5. The second-order valence-electron chi connectivity index (χ2n) is 16.4. The minimum absolute atomic E-state index is 0.00781. The van der Waals surface area contributed by atoms with Crippen molar-refractivity contribution in [1.82, 2.24) is 24.7 Å². The maximum atomic E-state index is 15.6. The zero-order valence-corrected chi connectivity index (χ0v) is 37.2. The SMILES string of the molecule is O=C1CCC(N2C(=O)c3cc(CN4CC5CCC(C4)N5CC[C@H](CSc4ccccc4)Nc4ccc(S(=O)(=O)NC(=O)c5ccccc5)cc4S(=O)(=O)C(F)(F)F)cc(F)c3C2=O)C(=O)N1. The van der Waals surface area contributed by atoms with Crippen molar-refractivity contribution < 1.29 is 58.4 Å². The molecule has 3 fully saturated rings. The van der Waals surface area contributed by atoms with Gasteiger partial charge in [-0.25, -0.2) is 25.9 Å². The van der Waals surface area contributed by atoms with Gasteiger partial charge in [0.05, 0.1) is 21.7 Å². The molecule has 15 nitrogen and oxygen atoms in total. The minimum atomic E-state index is -6.13. The van der Waals surface area contributed by atoms with E-state index in [4.69, 9.17) is 0 Å². The molecule has 4 aromatic carbocycles. The Labute approximate surface area is 381 Å². The number of fused-ring (bicyclic) bond motifs is 3. The maximum Gasteiger partial charge on any atom is 0.501 e. The van der Waals surface area contributed by atoms with Crippen LogP contribution in [0, 0.1) is 5.82 Å². The van der Waals surface area contributed by atoms with E-state index < -0.39 is 93.8 Å². The molecular weight excluding hydrogens is 929 g/mol. The van der Waals surface area contributed by atoms with Gasteiger partial charge in [-0.3, -0.25) is 44.0 Å². The number of imide groups is 2. The normalized spacial score (nSPS) is 20.8. The van der Waals surface area contributed by atoms with Gasteiger partial charge in [0.25, 0.3) is 37.6 Å². The van der Waals surface area contributed by atoms with Gasteiger partial charge >= 0.3 is 5.51 Å². The molecule has 3 saturated heterocycles. The lowest BCUT2D eigenvalue weighted by molar-refractivity contribution is -0.136. The highest BCUT2D eigenvalue weighted by Gasteiger charge is 2.49. The van der Waals surface area contributed by atoms with Gasteiger partial charge in [0, 0.05) is 66.9 Å². The summed E-state index contributed by atoms with van der Waals surface area (Å²) in [5.41, 5.74) is -6.48. The van der Waals surface area contributed by atoms with Crippen molar-refractivity contribution in [2.24, 2.45) is 0 Å². The Kier molecular flexibility index (Phi) is 13.2. The number of piperidine rings is 1. The molecule has 5 amide bonds. The number of piperazine rings is 1. The number of rotatable bonds is 15. The van der Waals surface area contributed by atoms with Gasteiger partial charge in [-0.2, -0.15) is 13.2 Å². The number of alkyl halides is 3. The molecule has 66 heavy (non-hydrogen) atoms. The summed E-state index contributed by atoms with van der Waals surface area (Å²) in [4.78, 5) is 67.3. The number of carbonyl (C=O) groups is 5. The summed E-state index contributed by atoms with van der Waals surface area (Å²) in [6.07, 6.45) is 1.77. The van der Waals surface area contributed by atoms with Crippen LogP contribution in [0.15, 0.2) is 106 Å². The molecule has 4 atom stereocenters. The summed E-state index contributed by atoms with van der Waals surface area (Å²) in [6, 6.07) is 19.4. The minimum Gasteiger partial charge on any atom is -0.380 e. The Morgan fingerprint density at radius 3 is 2.17 bits per heavy atom. The van der Waals surface area contributed by atoms with Crippen LogP contribution in [0.3, 0.4) is 0 Å². The van der Waals surface area contributed by atoms with Crippen molar-refractivity contribution in [3.8, 4) is 0 Å². The van der Waals surface area contributed by atoms with E-state index in [9.17, 15) is 54.0 Å². The van der Waals surface area contributed by atoms with Crippen LogP contribution < -0.4 is 15.4 Å². The fourth-order valence-corrected chi connectivity index (χ4v) is 11.9. The third-order valence-electron chi connectivity index (χ3n) is 12.1. The maximum absolute atomic E-state index is 15.6. The number of hydrogen-bond acceptors (Lipinski definition) is 13. The monoisotopic (exact) mass is 970 g/mol. The molecular formula is C44H42F4N6O9S3. The van der Waals surface area contributed by atoms with Crippen LogP contribution in [-0.4, -0.2) is 116 Å². The van der Waals surface area contributed by atoms with Gasteiger partial charge in [0.2, 0.25) is 11.8 Å². The largest absolute Gasteiger partial charge is 0.501 e. The van der Waals surface area contributed by atoms with Crippen LogP contribution in [0.1, 0.15) is 68.7 Å². The Morgan fingerprint density at radius 2 is 1.52 bits per heavy atom. The van der Waals surface area contributed by atoms with Crippen molar-refractivity contribution in [2.45, 2.75) is 83.0 Å². The smallest absolute Gasteiger partial charge is 0.380 e. The van der Waals surface area contributed by atoms with Crippen molar-refractivity contribution in [1.29, 1.82) is 0 Å². The van der Waals surface area contributed by atoms with Crippen LogP contribution in [0.25, 0.3) is 0 Å². The molecule has 0 spiro atoms. The van der Waals surface area contributed by atoms with E-state index in [2.05, 4.69) is 20.4 Å². The fourth-order valence-electron chi connectivity index (χ4n) is 8.93. The number of likely N-dealkylation sites (tertiary alicyclic amines) is 1. The second-order valence-corrected chi connectivity index (χ2v) is 21.1. The molecule has 4 aromatic rings. The summed E-state index contributed by atoms with van der Waals surface area (Å²) in [5, 5.41) is 5.10. The number of hydrogen-bond donors (Lipinski definition) is 3. The Balaban J connectivity index is 0.982. The van der Waals surface area contributed by atoms with Crippen LogP contribution in [0.2, 0.25) is 0 Å². The summed E-state index contributed by atoms with van der Waals surface area (Å²) in [5.74, 6) is -4.80. The first-order valence-electron chi connectivity index (χ1n) is 20.8. The standard InChI is InChI=1S/C44H42F4N6O9S3/c45-34-20-26(19-33-39(34)43(59)54(42(33)58)36-15-16-38(55)50-41(36)57)22-52-23-29-11-12-30(24-52)53(29)18-17-28(25-64-31-9-5-2-6-10-31)49-35-14-13-32(21-37(35)65(60,61)44(46,47)48)66(62,63)51-40(56)27-7-3-1-4-8-27/h1-10,13-14,19-21,28-30,36,49H,11-12,15-18,22-25H2,(H,51,56)(H,50,55,57)/t28-,29?,30?,36?/m1/s1. The summed E-state index contributed by atoms with van der Waals surface area (Å²) < 4.78 is 113. The number of halogens is 4. The lowest BCUT2D eigenvalue weighted by Crippen LogP contribution is -2.54. The molecule has 8 rings (SSSR count). The number of benzene rings is 4. The molecule has 0 aliphatic carbocycles. The third-order valence-corrected chi connectivity index (χ3v) is 16.1. The van der Waals surface area contributed by atoms with E-state index in [1.165, 1.54) is 48.2 Å². The number of sulfone groups is 1. The van der Waals surface area contributed by atoms with Crippen molar-refractivity contribution in [3.05, 3.63) is 119 Å². The number of anilines is 1. The highest BCUT2D eigenvalue weighted by molar-refractivity contribution is 7.99. The first kappa shape index (κ1) is 46.8. The number of nitrogens with one attached hydrogen (secondary N) is 3. The second kappa shape index (κ2) is 18.5. The van der Waals surface area contributed by atoms with Gasteiger partial charge in [0.1, 0.15) is 16.8 Å². The van der Waals surface area contributed by atoms with Crippen LogP contribution in [-0.2, 0) is 36.0 Å². The van der Waals surface area contributed by atoms with E-state index in [1.807, 2.05) is 30.3 Å². The average Bonchev–Trinajstić information content (AvgIpc) is 3.66. The molecule has 4 aliphatic heterocycles. The topological polar surface area (TPSA) is 199 Å². The fraction of sp³-hybridized carbons (Fsp3) is 0.341. The molecule has 3 N–H and O–H groups in total. The quantitative estimate of drug-likeness (QED) is 0.0823. The van der Waals surface area contributed by atoms with Gasteiger partial charge < -0.3 is 5.32 Å². The van der Waals surface area contributed by atoms with E-state index in [-0.39, 0.29) is 48.3 Å². The molecule has 3 unspecified atom stereocenters. The molecule has 22 heteroatoms. The lowest BCUT2D eigenvalue weighted by Gasteiger charge is -2.41. The predicted molar refractivity (Wildman–Crippen MR) is 232 cm³/mol. The van der Waals surface area contributed by atoms with Crippen LogP contribution >= 0.6 is 11.8 Å².